The topological polar surface area (TPSA) is 96.4 Å². The Morgan fingerprint density at radius 1 is 0.946 bits per heavy atom. The van der Waals surface area contributed by atoms with Crippen LogP contribution in [0.15, 0.2) is 48.5 Å². The predicted octanol–water partition coefficient (Wildman–Crippen LogP) is 4.97. The van der Waals surface area contributed by atoms with Crippen molar-refractivity contribution in [3.8, 4) is 11.1 Å². The molecule has 0 bridgehead atoms. The number of carbonyl (C=O) groups is 3. The van der Waals surface area contributed by atoms with Crippen LogP contribution in [0.2, 0.25) is 0 Å². The number of carboxylic acid groups (broad SMARTS) is 1. The minimum atomic E-state index is -1.10. The zero-order chi connectivity index (χ0) is 26.4. The number of benzene rings is 2. The molecule has 2 atom stereocenters. The number of aliphatic carboxylic acids is 1. The zero-order valence-corrected chi connectivity index (χ0v) is 21.6. The summed E-state index contributed by atoms with van der Waals surface area (Å²) >= 11 is 0. The van der Waals surface area contributed by atoms with Crippen molar-refractivity contribution in [2.24, 2.45) is 11.3 Å². The summed E-state index contributed by atoms with van der Waals surface area (Å²) < 4.78 is 11.4. The van der Waals surface area contributed by atoms with Gasteiger partial charge >= 0.3 is 18.2 Å². The normalized spacial score (nSPS) is 23.1. The maximum absolute atomic E-state index is 13.2. The standard InChI is InChI=1S/C29H34N2O6/c1-28(2,3)37-27(35)31-16-19-15-30(14-8-13-29(19,18-31)25(32)33)26(34)36-17-24-22-11-6-4-9-20(22)21-10-5-7-12-23(21)24/h4-7,9-12,19,24H,8,13-18H2,1-3H3,(H,32,33)/t19-,29-/m0/s1. The highest BCUT2D eigenvalue weighted by Crippen LogP contribution is 2.45. The van der Waals surface area contributed by atoms with Crippen molar-refractivity contribution in [1.29, 1.82) is 0 Å². The summed E-state index contributed by atoms with van der Waals surface area (Å²) in [6.45, 7) is 6.52. The second kappa shape index (κ2) is 9.39. The molecule has 8 nitrogen and oxygen atoms in total. The Hall–Kier alpha value is -3.55. The van der Waals surface area contributed by atoms with Gasteiger partial charge in [0, 0.05) is 38.0 Å². The molecule has 196 valence electrons. The zero-order valence-electron chi connectivity index (χ0n) is 21.6. The van der Waals surface area contributed by atoms with Gasteiger partial charge in [-0.1, -0.05) is 48.5 Å². The fraction of sp³-hybridized carbons (Fsp3) is 0.483. The number of carboxylic acids is 1. The first kappa shape index (κ1) is 25.1. The van der Waals surface area contributed by atoms with Crippen molar-refractivity contribution in [3.05, 3.63) is 59.7 Å². The molecule has 1 N–H and O–H groups in total. The molecule has 37 heavy (non-hydrogen) atoms. The molecule has 2 saturated heterocycles. The number of rotatable bonds is 3. The summed E-state index contributed by atoms with van der Waals surface area (Å²) in [5, 5.41) is 10.2. The largest absolute Gasteiger partial charge is 0.481 e. The molecule has 2 heterocycles. The van der Waals surface area contributed by atoms with Crippen molar-refractivity contribution < 1.29 is 29.0 Å². The number of hydrogen-bond acceptors (Lipinski definition) is 5. The number of nitrogens with zero attached hydrogens (tertiary/aromatic N) is 2. The second-order valence-electron chi connectivity index (χ2n) is 11.4. The number of amides is 2. The highest BCUT2D eigenvalue weighted by molar-refractivity contribution is 5.80. The van der Waals surface area contributed by atoms with Crippen molar-refractivity contribution >= 4 is 18.2 Å². The molecule has 2 aliphatic heterocycles. The monoisotopic (exact) mass is 506 g/mol. The first-order valence-corrected chi connectivity index (χ1v) is 12.9. The number of ether oxygens (including phenoxy) is 2. The number of fused-ring (bicyclic) bond motifs is 4. The minimum absolute atomic E-state index is 0.0458. The molecule has 2 aromatic carbocycles. The van der Waals surface area contributed by atoms with Gasteiger partial charge in [-0.3, -0.25) is 4.79 Å². The Bertz CT molecular complexity index is 1180. The van der Waals surface area contributed by atoms with Crippen LogP contribution in [0, 0.1) is 11.3 Å². The van der Waals surface area contributed by atoms with Gasteiger partial charge in [-0.15, -0.1) is 0 Å². The van der Waals surface area contributed by atoms with Crippen LogP contribution >= 0.6 is 0 Å². The maximum atomic E-state index is 13.2. The lowest BCUT2D eigenvalue weighted by atomic mass is 9.75. The molecule has 1 aliphatic carbocycles. The van der Waals surface area contributed by atoms with E-state index in [-0.39, 0.29) is 32.2 Å². The molecule has 0 aromatic heterocycles. The van der Waals surface area contributed by atoms with Crippen LogP contribution in [0.1, 0.15) is 50.7 Å². The maximum Gasteiger partial charge on any atom is 0.410 e. The Labute approximate surface area is 217 Å². The Morgan fingerprint density at radius 3 is 2.14 bits per heavy atom. The van der Waals surface area contributed by atoms with E-state index < -0.39 is 35.1 Å². The van der Waals surface area contributed by atoms with Gasteiger partial charge in [-0.2, -0.15) is 0 Å². The lowest BCUT2D eigenvalue weighted by Crippen LogP contribution is -2.43. The summed E-state index contributed by atoms with van der Waals surface area (Å²) in [7, 11) is 0. The molecule has 0 unspecified atom stereocenters. The lowest BCUT2D eigenvalue weighted by molar-refractivity contribution is -0.150. The molecule has 0 saturated carbocycles. The first-order chi connectivity index (χ1) is 17.6. The van der Waals surface area contributed by atoms with E-state index in [2.05, 4.69) is 24.3 Å². The van der Waals surface area contributed by atoms with E-state index in [0.29, 0.717) is 19.4 Å². The number of hydrogen-bond donors (Lipinski definition) is 1. The summed E-state index contributed by atoms with van der Waals surface area (Å²) in [6.07, 6.45) is -0.0538. The van der Waals surface area contributed by atoms with Crippen molar-refractivity contribution in [2.75, 3.05) is 32.8 Å². The average molecular weight is 507 g/mol. The molecule has 2 amide bonds. The van der Waals surface area contributed by atoms with Crippen LogP contribution < -0.4 is 0 Å². The summed E-state index contributed by atoms with van der Waals surface area (Å²) in [4.78, 5) is 41.5. The van der Waals surface area contributed by atoms with E-state index in [9.17, 15) is 19.5 Å². The van der Waals surface area contributed by atoms with Crippen LogP contribution in [0.5, 0.6) is 0 Å². The van der Waals surface area contributed by atoms with Gasteiger partial charge in [0.1, 0.15) is 12.2 Å². The van der Waals surface area contributed by atoms with E-state index in [1.807, 2.05) is 24.3 Å². The van der Waals surface area contributed by atoms with Crippen LogP contribution in [-0.2, 0) is 14.3 Å². The van der Waals surface area contributed by atoms with Crippen molar-refractivity contribution in [1.82, 2.24) is 9.80 Å². The van der Waals surface area contributed by atoms with Gasteiger partial charge in [-0.05, 0) is 55.9 Å². The van der Waals surface area contributed by atoms with E-state index in [1.165, 1.54) is 4.90 Å². The molecule has 5 rings (SSSR count). The average Bonchev–Trinajstić information content (AvgIpc) is 3.31. The van der Waals surface area contributed by atoms with Crippen molar-refractivity contribution in [3.63, 3.8) is 0 Å². The van der Waals surface area contributed by atoms with Crippen LogP contribution in [-0.4, -0.2) is 71.4 Å². The molecule has 0 spiro atoms. The molecule has 8 heteroatoms. The SMILES string of the molecule is CC(C)(C)OC(=O)N1C[C@@H]2CN(C(=O)OCC3c4ccccc4-c4ccccc43)CCC[C@]2(C(=O)O)C1. The van der Waals surface area contributed by atoms with Crippen LogP contribution in [0.25, 0.3) is 11.1 Å². The van der Waals surface area contributed by atoms with E-state index in [1.54, 1.807) is 25.7 Å². The molecule has 3 aliphatic rings. The summed E-state index contributed by atoms with van der Waals surface area (Å²) in [5.41, 5.74) is 2.82. The van der Waals surface area contributed by atoms with Gasteiger partial charge in [0.25, 0.3) is 0 Å². The van der Waals surface area contributed by atoms with Gasteiger partial charge in [0.05, 0.1) is 5.41 Å². The van der Waals surface area contributed by atoms with Crippen LogP contribution in [0.3, 0.4) is 0 Å². The Morgan fingerprint density at radius 2 is 1.54 bits per heavy atom. The van der Waals surface area contributed by atoms with E-state index >= 15 is 0 Å². The number of likely N-dealkylation sites (tertiary alicyclic amines) is 2. The van der Waals surface area contributed by atoms with E-state index in [4.69, 9.17) is 9.47 Å². The Kier molecular flexibility index (Phi) is 6.38. The number of carbonyl (C=O) groups excluding carboxylic acids is 2. The third-order valence-electron chi connectivity index (χ3n) is 7.86. The van der Waals surface area contributed by atoms with Crippen molar-refractivity contribution in [2.45, 2.75) is 45.1 Å². The quantitative estimate of drug-likeness (QED) is 0.632. The molecular weight excluding hydrogens is 472 g/mol. The third kappa shape index (κ3) is 4.65. The fourth-order valence-corrected chi connectivity index (χ4v) is 6.10. The first-order valence-electron chi connectivity index (χ1n) is 12.9. The molecule has 2 fully saturated rings. The molecule has 0 radical (unpaired) electrons. The predicted molar refractivity (Wildman–Crippen MR) is 137 cm³/mol. The highest BCUT2D eigenvalue weighted by Gasteiger charge is 2.55. The second-order valence-corrected chi connectivity index (χ2v) is 11.4. The smallest absolute Gasteiger partial charge is 0.410 e. The molecule has 2 aromatic rings. The highest BCUT2D eigenvalue weighted by atomic mass is 16.6. The van der Waals surface area contributed by atoms with Crippen LogP contribution in [0.4, 0.5) is 9.59 Å². The van der Waals surface area contributed by atoms with Gasteiger partial charge in [0.2, 0.25) is 0 Å². The summed E-state index contributed by atoms with van der Waals surface area (Å²) in [5.74, 6) is -1.38. The van der Waals surface area contributed by atoms with E-state index in [0.717, 1.165) is 22.3 Å². The summed E-state index contributed by atoms with van der Waals surface area (Å²) in [6, 6.07) is 16.3. The lowest BCUT2D eigenvalue weighted by Gasteiger charge is -2.29. The minimum Gasteiger partial charge on any atom is -0.481 e. The van der Waals surface area contributed by atoms with Gasteiger partial charge in [-0.25, -0.2) is 9.59 Å². The van der Waals surface area contributed by atoms with Gasteiger partial charge in [0.15, 0.2) is 0 Å². The van der Waals surface area contributed by atoms with Gasteiger partial charge < -0.3 is 24.4 Å². The molecular formula is C29H34N2O6. The third-order valence-corrected chi connectivity index (χ3v) is 7.86. The Balaban J connectivity index is 1.29. The fourth-order valence-electron chi connectivity index (χ4n) is 6.10.